The molecule has 0 N–H and O–H groups in total. The number of halogens is 4. The highest BCUT2D eigenvalue weighted by Crippen LogP contribution is 2.33. The van der Waals surface area contributed by atoms with E-state index in [2.05, 4.69) is 0 Å². The summed E-state index contributed by atoms with van der Waals surface area (Å²) in [4.78, 5) is 11.9. The number of benzene rings is 1. The third-order valence-corrected chi connectivity index (χ3v) is 2.51. The van der Waals surface area contributed by atoms with E-state index >= 15 is 0 Å². The monoisotopic (exact) mass is 272 g/mol. The Labute approximate surface area is 105 Å². The lowest BCUT2D eigenvalue weighted by molar-refractivity contribution is -0.140. The number of hydrogen-bond donors (Lipinski definition) is 0. The van der Waals surface area contributed by atoms with E-state index in [1.165, 1.54) is 12.1 Å². The molecule has 2 nitrogen and oxygen atoms in total. The van der Waals surface area contributed by atoms with Crippen molar-refractivity contribution in [3.8, 4) is 0 Å². The molecule has 0 unspecified atom stereocenters. The van der Waals surface area contributed by atoms with Crippen molar-refractivity contribution in [2.75, 3.05) is 0 Å². The van der Waals surface area contributed by atoms with Crippen molar-refractivity contribution < 1.29 is 26.8 Å². The lowest BCUT2D eigenvalue weighted by Crippen LogP contribution is -2.12. The summed E-state index contributed by atoms with van der Waals surface area (Å²) in [7, 11) is 0. The summed E-state index contributed by atoms with van der Waals surface area (Å²) < 4.78 is 56.3. The maximum Gasteiger partial charge on any atom is 0.419 e. The summed E-state index contributed by atoms with van der Waals surface area (Å²) in [5.41, 5.74) is -2.13. The van der Waals surface area contributed by atoms with Crippen LogP contribution < -0.4 is 0 Å². The van der Waals surface area contributed by atoms with Gasteiger partial charge in [-0.1, -0.05) is 6.07 Å². The Kier molecular flexibility index (Phi) is 3.18. The summed E-state index contributed by atoms with van der Waals surface area (Å²) in [6.07, 6.45) is -4.85. The summed E-state index contributed by atoms with van der Waals surface area (Å²) >= 11 is 0. The Morgan fingerprint density at radius 2 is 1.84 bits per heavy atom. The van der Waals surface area contributed by atoms with Crippen LogP contribution in [-0.4, -0.2) is 5.78 Å². The molecule has 1 aromatic carbocycles. The first-order valence-corrected chi connectivity index (χ1v) is 5.27. The van der Waals surface area contributed by atoms with E-state index in [0.29, 0.717) is 11.8 Å². The zero-order chi connectivity index (χ0) is 14.2. The average molecular weight is 272 g/mol. The number of aryl methyl sites for hydroxylation is 1. The Balaban J connectivity index is 2.49. The smallest absolute Gasteiger partial charge is 0.419 e. The molecular formula is C13H8F4O2. The molecule has 0 aliphatic rings. The van der Waals surface area contributed by atoms with E-state index in [9.17, 15) is 22.4 Å². The van der Waals surface area contributed by atoms with Crippen LogP contribution in [0.3, 0.4) is 0 Å². The number of ketones is 1. The molecule has 2 aromatic rings. The Morgan fingerprint density at radius 3 is 2.37 bits per heavy atom. The Hall–Kier alpha value is -2.11. The Bertz CT molecular complexity index is 626. The molecule has 0 aliphatic carbocycles. The number of alkyl halides is 3. The first kappa shape index (κ1) is 13.3. The first-order chi connectivity index (χ1) is 8.80. The topological polar surface area (TPSA) is 30.2 Å². The molecule has 0 amide bonds. The van der Waals surface area contributed by atoms with Crippen LogP contribution in [0.1, 0.15) is 27.4 Å². The van der Waals surface area contributed by atoms with Crippen molar-refractivity contribution in [3.05, 3.63) is 58.8 Å². The quantitative estimate of drug-likeness (QED) is 0.611. The molecule has 2 rings (SSSR count). The third-order valence-electron chi connectivity index (χ3n) is 2.51. The van der Waals surface area contributed by atoms with Crippen LogP contribution in [-0.2, 0) is 6.18 Å². The molecule has 0 spiro atoms. The standard InChI is InChI=1S/C13H8F4O2/c1-7-5-6-10(19-7)12(18)8-3-2-4-9(11(8)14)13(15,16)17/h2-6H,1H3. The van der Waals surface area contributed by atoms with Crippen LogP contribution in [0.2, 0.25) is 0 Å². The second kappa shape index (κ2) is 4.53. The summed E-state index contributed by atoms with van der Waals surface area (Å²) in [5, 5.41) is 0. The van der Waals surface area contributed by atoms with Crippen molar-refractivity contribution in [3.63, 3.8) is 0 Å². The number of carbonyl (C=O) groups excluding carboxylic acids is 1. The normalized spacial score (nSPS) is 11.6. The molecule has 100 valence electrons. The van der Waals surface area contributed by atoms with E-state index in [1.807, 2.05) is 0 Å². The average Bonchev–Trinajstić information content (AvgIpc) is 2.74. The number of furan rings is 1. The van der Waals surface area contributed by atoms with Crippen LogP contribution in [0.4, 0.5) is 17.6 Å². The third kappa shape index (κ3) is 2.52. The molecular weight excluding hydrogens is 264 g/mol. The van der Waals surface area contributed by atoms with Gasteiger partial charge in [-0.2, -0.15) is 13.2 Å². The van der Waals surface area contributed by atoms with Gasteiger partial charge in [0.2, 0.25) is 5.78 Å². The maximum absolute atomic E-state index is 13.7. The zero-order valence-corrected chi connectivity index (χ0v) is 9.72. The van der Waals surface area contributed by atoms with E-state index in [-0.39, 0.29) is 5.76 Å². The summed E-state index contributed by atoms with van der Waals surface area (Å²) in [6.45, 7) is 1.57. The van der Waals surface area contributed by atoms with Crippen molar-refractivity contribution >= 4 is 5.78 Å². The fraction of sp³-hybridized carbons (Fsp3) is 0.154. The fourth-order valence-corrected chi connectivity index (χ4v) is 1.62. The molecule has 1 aromatic heterocycles. The molecule has 0 aliphatic heterocycles. The molecule has 0 bridgehead atoms. The minimum absolute atomic E-state index is 0.198. The van der Waals surface area contributed by atoms with Gasteiger partial charge in [0.05, 0.1) is 11.1 Å². The van der Waals surface area contributed by atoms with Gasteiger partial charge in [-0.25, -0.2) is 4.39 Å². The molecule has 0 saturated carbocycles. The van der Waals surface area contributed by atoms with Crippen molar-refractivity contribution in [2.24, 2.45) is 0 Å². The van der Waals surface area contributed by atoms with Crippen LogP contribution in [0.25, 0.3) is 0 Å². The molecule has 19 heavy (non-hydrogen) atoms. The van der Waals surface area contributed by atoms with Crippen molar-refractivity contribution in [2.45, 2.75) is 13.1 Å². The van der Waals surface area contributed by atoms with Crippen LogP contribution >= 0.6 is 0 Å². The maximum atomic E-state index is 13.7. The summed E-state index contributed by atoms with van der Waals surface area (Å²) in [6, 6.07) is 5.31. The zero-order valence-electron chi connectivity index (χ0n) is 9.72. The van der Waals surface area contributed by atoms with E-state index < -0.39 is 28.9 Å². The van der Waals surface area contributed by atoms with Crippen LogP contribution in [0, 0.1) is 12.7 Å². The highest BCUT2D eigenvalue weighted by atomic mass is 19.4. The number of hydrogen-bond acceptors (Lipinski definition) is 2. The lowest BCUT2D eigenvalue weighted by Gasteiger charge is -2.09. The molecule has 1 heterocycles. The van der Waals surface area contributed by atoms with Gasteiger partial charge in [0.15, 0.2) is 5.76 Å². The van der Waals surface area contributed by atoms with Crippen molar-refractivity contribution in [1.82, 2.24) is 0 Å². The van der Waals surface area contributed by atoms with Gasteiger partial charge < -0.3 is 4.42 Å². The van der Waals surface area contributed by atoms with Gasteiger partial charge in [0.25, 0.3) is 0 Å². The molecule has 0 radical (unpaired) electrons. The largest absolute Gasteiger partial charge is 0.458 e. The van der Waals surface area contributed by atoms with Gasteiger partial charge >= 0.3 is 6.18 Å². The number of carbonyl (C=O) groups is 1. The van der Waals surface area contributed by atoms with Gasteiger partial charge in [0, 0.05) is 0 Å². The van der Waals surface area contributed by atoms with Gasteiger partial charge in [0.1, 0.15) is 11.6 Å². The lowest BCUT2D eigenvalue weighted by atomic mass is 10.0. The minimum Gasteiger partial charge on any atom is -0.458 e. The highest BCUT2D eigenvalue weighted by molar-refractivity contribution is 6.07. The predicted octanol–water partition coefficient (Wildman–Crippen LogP) is 3.98. The minimum atomic E-state index is -4.85. The van der Waals surface area contributed by atoms with Crippen molar-refractivity contribution in [1.29, 1.82) is 0 Å². The predicted molar refractivity (Wildman–Crippen MR) is 58.3 cm³/mol. The van der Waals surface area contributed by atoms with Crippen LogP contribution in [0.15, 0.2) is 34.7 Å². The molecule has 0 atom stereocenters. The molecule has 6 heteroatoms. The first-order valence-electron chi connectivity index (χ1n) is 5.27. The summed E-state index contributed by atoms with van der Waals surface area (Å²) in [5.74, 6) is -2.29. The van der Waals surface area contributed by atoms with E-state index in [4.69, 9.17) is 4.42 Å². The molecule has 0 fully saturated rings. The van der Waals surface area contributed by atoms with Gasteiger partial charge in [-0.05, 0) is 31.2 Å². The number of rotatable bonds is 2. The fourth-order valence-electron chi connectivity index (χ4n) is 1.62. The van der Waals surface area contributed by atoms with Crippen LogP contribution in [0.5, 0.6) is 0 Å². The highest BCUT2D eigenvalue weighted by Gasteiger charge is 2.36. The van der Waals surface area contributed by atoms with Gasteiger partial charge in [-0.3, -0.25) is 4.79 Å². The Morgan fingerprint density at radius 1 is 1.16 bits per heavy atom. The second-order valence-corrected chi connectivity index (χ2v) is 3.90. The molecule has 0 saturated heterocycles. The van der Waals surface area contributed by atoms with Gasteiger partial charge in [-0.15, -0.1) is 0 Å². The van der Waals surface area contributed by atoms with E-state index in [0.717, 1.165) is 12.1 Å². The second-order valence-electron chi connectivity index (χ2n) is 3.90. The SMILES string of the molecule is Cc1ccc(C(=O)c2cccc(C(F)(F)F)c2F)o1. The van der Waals surface area contributed by atoms with E-state index in [1.54, 1.807) is 6.92 Å².